The molecule has 0 atom stereocenters. The van der Waals surface area contributed by atoms with Gasteiger partial charge in [0.15, 0.2) is 6.10 Å². The van der Waals surface area contributed by atoms with Crippen molar-refractivity contribution in [2.24, 2.45) is 11.8 Å². The lowest BCUT2D eigenvalue weighted by Crippen LogP contribution is -2.30. The Morgan fingerprint density at radius 3 is 0.907 bits per heavy atom. The first-order chi connectivity index (χ1) is 26.2. The summed E-state index contributed by atoms with van der Waals surface area (Å²) < 4.78 is 16.7. The summed E-state index contributed by atoms with van der Waals surface area (Å²) in [6, 6.07) is 0. The van der Waals surface area contributed by atoms with E-state index in [2.05, 4.69) is 34.6 Å². The normalized spacial score (nSPS) is 11.6. The molecule has 6 heteroatoms. The summed E-state index contributed by atoms with van der Waals surface area (Å²) in [4.78, 5) is 37.8. The smallest absolute Gasteiger partial charge is 0.306 e. The SMILES string of the molecule is CCCCCCCCCCCCCCC(=O)OC(COC(=O)CCCCCCCCCCCC(C)C)COC(=O)CCCCCCCCCCCC(C)C. The quantitative estimate of drug-likeness (QED) is 0.0350. The minimum atomic E-state index is -0.760. The van der Waals surface area contributed by atoms with Crippen molar-refractivity contribution in [1.29, 1.82) is 0 Å². The highest BCUT2D eigenvalue weighted by Crippen LogP contribution is 2.17. The molecular weight excluding hydrogens is 673 g/mol. The summed E-state index contributed by atoms with van der Waals surface area (Å²) in [5.41, 5.74) is 0. The van der Waals surface area contributed by atoms with Gasteiger partial charge in [-0.1, -0.05) is 221 Å². The molecule has 0 aromatic carbocycles. The average Bonchev–Trinajstić information content (AvgIpc) is 3.14. The molecule has 0 amide bonds. The molecule has 0 rings (SSSR count). The Morgan fingerprint density at radius 2 is 0.611 bits per heavy atom. The topological polar surface area (TPSA) is 78.9 Å². The third kappa shape index (κ3) is 41.6. The van der Waals surface area contributed by atoms with E-state index in [1.165, 1.54) is 148 Å². The van der Waals surface area contributed by atoms with E-state index in [1.807, 2.05) is 0 Å². The van der Waals surface area contributed by atoms with Crippen molar-refractivity contribution in [2.45, 2.75) is 265 Å². The van der Waals surface area contributed by atoms with Crippen LogP contribution in [0, 0.1) is 11.8 Å². The molecule has 0 saturated carbocycles. The first kappa shape index (κ1) is 52.4. The molecule has 0 aliphatic heterocycles. The Bertz CT molecular complexity index is 778. The van der Waals surface area contributed by atoms with Crippen molar-refractivity contribution in [3.8, 4) is 0 Å². The summed E-state index contributed by atoms with van der Waals surface area (Å²) in [5, 5.41) is 0. The molecule has 0 N–H and O–H groups in total. The van der Waals surface area contributed by atoms with Crippen LogP contribution in [0.1, 0.15) is 259 Å². The number of esters is 3. The van der Waals surface area contributed by atoms with Gasteiger partial charge in [0.1, 0.15) is 13.2 Å². The number of unbranched alkanes of at least 4 members (excludes halogenated alkanes) is 27. The van der Waals surface area contributed by atoms with Crippen LogP contribution < -0.4 is 0 Å². The predicted molar refractivity (Wildman–Crippen MR) is 229 cm³/mol. The number of hydrogen-bond acceptors (Lipinski definition) is 6. The maximum absolute atomic E-state index is 12.7. The van der Waals surface area contributed by atoms with Crippen LogP contribution in [0.4, 0.5) is 0 Å². The summed E-state index contributed by atoms with van der Waals surface area (Å²) >= 11 is 0. The molecule has 0 aromatic rings. The maximum Gasteiger partial charge on any atom is 0.306 e. The molecule has 0 spiro atoms. The molecule has 0 bridgehead atoms. The second-order valence-electron chi connectivity index (χ2n) is 17.3. The molecule has 0 saturated heterocycles. The van der Waals surface area contributed by atoms with Gasteiger partial charge < -0.3 is 14.2 Å². The summed E-state index contributed by atoms with van der Waals surface area (Å²) in [7, 11) is 0. The predicted octanol–water partition coefficient (Wildman–Crippen LogP) is 15.0. The fourth-order valence-corrected chi connectivity index (χ4v) is 7.11. The Labute approximate surface area is 336 Å². The third-order valence-corrected chi connectivity index (χ3v) is 10.7. The van der Waals surface area contributed by atoms with Crippen LogP contribution in [-0.2, 0) is 28.6 Å². The van der Waals surface area contributed by atoms with Crippen molar-refractivity contribution in [3.63, 3.8) is 0 Å². The van der Waals surface area contributed by atoms with Gasteiger partial charge in [0, 0.05) is 19.3 Å². The molecule has 320 valence electrons. The van der Waals surface area contributed by atoms with Gasteiger partial charge in [-0.25, -0.2) is 0 Å². The van der Waals surface area contributed by atoms with Crippen molar-refractivity contribution in [3.05, 3.63) is 0 Å². The fourth-order valence-electron chi connectivity index (χ4n) is 7.11. The molecule has 0 fully saturated rings. The zero-order valence-electron chi connectivity index (χ0n) is 36.8. The summed E-state index contributed by atoms with van der Waals surface area (Å²) in [6.45, 7) is 11.3. The van der Waals surface area contributed by atoms with Crippen molar-refractivity contribution < 1.29 is 28.6 Å². The van der Waals surface area contributed by atoms with Gasteiger partial charge in [-0.2, -0.15) is 0 Å². The Morgan fingerprint density at radius 1 is 0.352 bits per heavy atom. The van der Waals surface area contributed by atoms with E-state index >= 15 is 0 Å². The molecule has 6 nitrogen and oxygen atoms in total. The Hall–Kier alpha value is -1.59. The van der Waals surface area contributed by atoms with E-state index in [0.29, 0.717) is 19.3 Å². The lowest BCUT2D eigenvalue weighted by atomic mass is 10.0. The van der Waals surface area contributed by atoms with E-state index in [0.717, 1.165) is 69.6 Å². The molecule has 54 heavy (non-hydrogen) atoms. The van der Waals surface area contributed by atoms with Crippen LogP contribution in [0.5, 0.6) is 0 Å². The van der Waals surface area contributed by atoms with Gasteiger partial charge in [0.2, 0.25) is 0 Å². The molecule has 0 aliphatic carbocycles. The number of hydrogen-bond donors (Lipinski definition) is 0. The molecule has 0 radical (unpaired) electrons. The van der Waals surface area contributed by atoms with Gasteiger partial charge in [-0.05, 0) is 31.1 Å². The van der Waals surface area contributed by atoms with E-state index in [9.17, 15) is 14.4 Å². The maximum atomic E-state index is 12.7. The molecule has 0 aliphatic rings. The largest absolute Gasteiger partial charge is 0.462 e. The standard InChI is InChI=1S/C48H92O6/c1-6-7-8-9-10-11-12-13-18-25-30-35-40-48(51)54-45(41-52-46(49)38-33-28-23-19-14-16-21-26-31-36-43(2)3)42-53-47(50)39-34-29-24-20-15-17-22-27-32-37-44(4)5/h43-45H,6-42H2,1-5H3. The fraction of sp³-hybridized carbons (Fsp3) is 0.938. The Kier molecular flexibility index (Phi) is 39.8. The van der Waals surface area contributed by atoms with Crippen LogP contribution >= 0.6 is 0 Å². The van der Waals surface area contributed by atoms with Crippen LogP contribution in [0.15, 0.2) is 0 Å². The van der Waals surface area contributed by atoms with Gasteiger partial charge >= 0.3 is 17.9 Å². The minimum absolute atomic E-state index is 0.0649. The van der Waals surface area contributed by atoms with Crippen molar-refractivity contribution in [2.75, 3.05) is 13.2 Å². The van der Waals surface area contributed by atoms with Crippen LogP contribution in [0.2, 0.25) is 0 Å². The minimum Gasteiger partial charge on any atom is -0.462 e. The first-order valence-corrected chi connectivity index (χ1v) is 23.7. The average molecular weight is 765 g/mol. The molecule has 0 aromatic heterocycles. The summed E-state index contributed by atoms with van der Waals surface area (Å²) in [6.07, 6.45) is 39.4. The van der Waals surface area contributed by atoms with E-state index in [1.54, 1.807) is 0 Å². The van der Waals surface area contributed by atoms with Gasteiger partial charge in [0.25, 0.3) is 0 Å². The Balaban J connectivity index is 4.34. The number of ether oxygens (including phenoxy) is 3. The first-order valence-electron chi connectivity index (χ1n) is 23.7. The van der Waals surface area contributed by atoms with Crippen LogP contribution in [-0.4, -0.2) is 37.2 Å². The highest BCUT2D eigenvalue weighted by Gasteiger charge is 2.19. The van der Waals surface area contributed by atoms with Crippen LogP contribution in [0.3, 0.4) is 0 Å². The van der Waals surface area contributed by atoms with E-state index in [4.69, 9.17) is 14.2 Å². The summed E-state index contributed by atoms with van der Waals surface area (Å²) in [5.74, 6) is 0.761. The number of carbonyl (C=O) groups excluding carboxylic acids is 3. The van der Waals surface area contributed by atoms with E-state index in [-0.39, 0.29) is 31.1 Å². The third-order valence-electron chi connectivity index (χ3n) is 10.7. The van der Waals surface area contributed by atoms with Crippen molar-refractivity contribution in [1.82, 2.24) is 0 Å². The monoisotopic (exact) mass is 765 g/mol. The highest BCUT2D eigenvalue weighted by molar-refractivity contribution is 5.71. The molecule has 0 heterocycles. The van der Waals surface area contributed by atoms with Gasteiger partial charge in [0.05, 0.1) is 0 Å². The highest BCUT2D eigenvalue weighted by atomic mass is 16.6. The van der Waals surface area contributed by atoms with Crippen LogP contribution in [0.25, 0.3) is 0 Å². The van der Waals surface area contributed by atoms with Gasteiger partial charge in [-0.3, -0.25) is 14.4 Å². The van der Waals surface area contributed by atoms with E-state index < -0.39 is 6.10 Å². The second kappa shape index (κ2) is 41.1. The lowest BCUT2D eigenvalue weighted by Gasteiger charge is -2.18. The van der Waals surface area contributed by atoms with Gasteiger partial charge in [-0.15, -0.1) is 0 Å². The zero-order chi connectivity index (χ0) is 39.7. The zero-order valence-corrected chi connectivity index (χ0v) is 36.8. The molecule has 0 unspecified atom stereocenters. The van der Waals surface area contributed by atoms with Crippen molar-refractivity contribution >= 4 is 17.9 Å². The second-order valence-corrected chi connectivity index (χ2v) is 17.3. The lowest BCUT2D eigenvalue weighted by molar-refractivity contribution is -0.167. The molecular formula is C48H92O6. The number of carbonyl (C=O) groups is 3. The number of rotatable bonds is 42.